The Morgan fingerprint density at radius 3 is 2.87 bits per heavy atom. The zero-order valence-corrected chi connectivity index (χ0v) is 13.1. The number of halogens is 1. The monoisotopic (exact) mass is 335 g/mol. The largest absolute Gasteiger partial charge is 0.317 e. The lowest BCUT2D eigenvalue weighted by Crippen LogP contribution is -2.27. The molecule has 7 nitrogen and oxygen atoms in total. The number of rotatable bonds is 5. The van der Waals surface area contributed by atoms with Crippen LogP contribution >= 0.6 is 0 Å². The highest BCUT2D eigenvalue weighted by Crippen LogP contribution is 2.17. The van der Waals surface area contributed by atoms with Crippen LogP contribution in [0.3, 0.4) is 0 Å². The molecule has 0 radical (unpaired) electrons. The van der Waals surface area contributed by atoms with Gasteiger partial charge in [-0.3, -0.25) is 4.98 Å². The molecule has 1 N–H and O–H groups in total. The van der Waals surface area contributed by atoms with Crippen LogP contribution in [0.1, 0.15) is 5.82 Å². The number of nitrogens with zero attached hydrogens (tertiary/aromatic N) is 4. The molecule has 0 atom stereocenters. The van der Waals surface area contributed by atoms with Crippen molar-refractivity contribution in [3.63, 3.8) is 0 Å². The lowest BCUT2D eigenvalue weighted by Gasteiger charge is -2.08. The summed E-state index contributed by atoms with van der Waals surface area (Å²) in [5.41, 5.74) is 0.533. The van der Waals surface area contributed by atoms with Gasteiger partial charge in [0.05, 0.1) is 5.52 Å². The van der Waals surface area contributed by atoms with Gasteiger partial charge >= 0.3 is 0 Å². The maximum Gasteiger partial charge on any atom is 0.242 e. The number of pyridine rings is 1. The van der Waals surface area contributed by atoms with E-state index in [0.717, 1.165) is 0 Å². The van der Waals surface area contributed by atoms with Crippen LogP contribution in [0.15, 0.2) is 41.7 Å². The Balaban J connectivity index is 1.77. The molecule has 0 saturated heterocycles. The summed E-state index contributed by atoms with van der Waals surface area (Å²) in [5, 5.41) is 7.98. The van der Waals surface area contributed by atoms with E-state index in [4.69, 9.17) is 0 Å². The second-order valence-electron chi connectivity index (χ2n) is 4.98. The Hall–Kier alpha value is -2.39. The van der Waals surface area contributed by atoms with Gasteiger partial charge in [0.15, 0.2) is 0 Å². The van der Waals surface area contributed by atoms with Gasteiger partial charge in [-0.25, -0.2) is 17.5 Å². The second-order valence-corrected chi connectivity index (χ2v) is 6.74. The van der Waals surface area contributed by atoms with Crippen molar-refractivity contribution in [2.45, 2.75) is 18.4 Å². The molecular formula is C14H14FN5O2S. The Morgan fingerprint density at radius 2 is 2.13 bits per heavy atom. The first-order valence-corrected chi connectivity index (χ1v) is 8.33. The summed E-state index contributed by atoms with van der Waals surface area (Å²) in [6, 6.07) is 5.44. The minimum atomic E-state index is -3.72. The smallest absolute Gasteiger partial charge is 0.242 e. The van der Waals surface area contributed by atoms with E-state index in [-0.39, 0.29) is 11.4 Å². The van der Waals surface area contributed by atoms with Crippen molar-refractivity contribution in [1.82, 2.24) is 24.5 Å². The van der Waals surface area contributed by atoms with Gasteiger partial charge in [-0.05, 0) is 31.2 Å². The lowest BCUT2D eigenvalue weighted by molar-refractivity contribution is 0.570. The first-order valence-electron chi connectivity index (χ1n) is 6.85. The van der Waals surface area contributed by atoms with Crippen LogP contribution in [0.4, 0.5) is 4.39 Å². The summed E-state index contributed by atoms with van der Waals surface area (Å²) in [4.78, 5) is 4.05. The Bertz CT molecular complexity index is 955. The summed E-state index contributed by atoms with van der Waals surface area (Å²) >= 11 is 0. The molecule has 2 aromatic heterocycles. The van der Waals surface area contributed by atoms with Crippen LogP contribution in [0.25, 0.3) is 10.9 Å². The van der Waals surface area contributed by atoms with Crippen LogP contribution < -0.4 is 4.72 Å². The normalized spacial score (nSPS) is 11.9. The van der Waals surface area contributed by atoms with Gasteiger partial charge in [0, 0.05) is 24.7 Å². The molecule has 0 spiro atoms. The van der Waals surface area contributed by atoms with E-state index in [9.17, 15) is 12.8 Å². The topological polar surface area (TPSA) is 89.8 Å². The fourth-order valence-electron chi connectivity index (χ4n) is 2.15. The molecule has 2 heterocycles. The van der Waals surface area contributed by atoms with Crippen molar-refractivity contribution >= 4 is 20.9 Å². The molecule has 120 valence electrons. The predicted molar refractivity (Wildman–Crippen MR) is 81.6 cm³/mol. The number of aryl methyl sites for hydroxylation is 1. The van der Waals surface area contributed by atoms with E-state index in [0.29, 0.717) is 23.3 Å². The van der Waals surface area contributed by atoms with Crippen LogP contribution in [0.2, 0.25) is 0 Å². The van der Waals surface area contributed by atoms with E-state index >= 15 is 0 Å². The quantitative estimate of drug-likeness (QED) is 0.758. The number of nitrogens with one attached hydrogen (secondary N) is 1. The highest BCUT2D eigenvalue weighted by atomic mass is 32.2. The molecule has 0 saturated carbocycles. The number of hydrogen-bond donors (Lipinski definition) is 1. The SMILES string of the molecule is Cc1nncn1CCNS(=O)(=O)c1cnc2ccc(F)cc2c1. The Labute approximate surface area is 132 Å². The summed E-state index contributed by atoms with van der Waals surface area (Å²) in [6.07, 6.45) is 2.79. The van der Waals surface area contributed by atoms with E-state index in [1.165, 1.54) is 36.8 Å². The van der Waals surface area contributed by atoms with Gasteiger partial charge in [0.25, 0.3) is 0 Å². The third-order valence-electron chi connectivity index (χ3n) is 3.38. The standard InChI is InChI=1S/C14H14FN5O2S/c1-10-19-17-9-20(10)5-4-18-23(21,22)13-7-11-6-12(15)2-3-14(11)16-8-13/h2-3,6-9,18H,4-5H2,1H3. The molecular weight excluding hydrogens is 321 g/mol. The average molecular weight is 335 g/mol. The molecule has 0 aliphatic carbocycles. The zero-order valence-electron chi connectivity index (χ0n) is 12.3. The number of hydrogen-bond acceptors (Lipinski definition) is 5. The van der Waals surface area contributed by atoms with E-state index in [2.05, 4.69) is 19.9 Å². The summed E-state index contributed by atoms with van der Waals surface area (Å²) in [5.74, 6) is 0.261. The first-order chi connectivity index (χ1) is 11.0. The lowest BCUT2D eigenvalue weighted by atomic mass is 10.2. The first kappa shape index (κ1) is 15.5. The highest BCUT2D eigenvalue weighted by molar-refractivity contribution is 7.89. The molecule has 0 unspecified atom stereocenters. The van der Waals surface area contributed by atoms with Gasteiger partial charge < -0.3 is 4.57 Å². The third kappa shape index (κ3) is 3.35. The highest BCUT2D eigenvalue weighted by Gasteiger charge is 2.15. The minimum Gasteiger partial charge on any atom is -0.317 e. The number of benzene rings is 1. The van der Waals surface area contributed by atoms with Crippen LogP contribution in [-0.2, 0) is 16.6 Å². The number of aromatic nitrogens is 4. The maximum atomic E-state index is 13.3. The molecule has 3 aromatic rings. The second kappa shape index (κ2) is 6.01. The summed E-state index contributed by atoms with van der Waals surface area (Å²) in [6.45, 7) is 2.37. The molecule has 0 fully saturated rings. The Kier molecular flexibility index (Phi) is 4.05. The van der Waals surface area contributed by atoms with Crippen molar-refractivity contribution in [2.24, 2.45) is 0 Å². The molecule has 9 heteroatoms. The van der Waals surface area contributed by atoms with E-state index < -0.39 is 15.8 Å². The predicted octanol–water partition coefficient (Wildman–Crippen LogP) is 1.25. The van der Waals surface area contributed by atoms with Gasteiger partial charge in [0.2, 0.25) is 10.0 Å². The fraction of sp³-hybridized carbons (Fsp3) is 0.214. The van der Waals surface area contributed by atoms with Crippen molar-refractivity contribution in [3.8, 4) is 0 Å². The van der Waals surface area contributed by atoms with Gasteiger partial charge in [-0.15, -0.1) is 10.2 Å². The molecule has 3 rings (SSSR count). The molecule has 0 bridgehead atoms. The number of sulfonamides is 1. The number of fused-ring (bicyclic) bond motifs is 1. The van der Waals surface area contributed by atoms with Crippen molar-refractivity contribution < 1.29 is 12.8 Å². The third-order valence-corrected chi connectivity index (χ3v) is 4.81. The van der Waals surface area contributed by atoms with E-state index in [1.54, 1.807) is 11.5 Å². The maximum absolute atomic E-state index is 13.3. The van der Waals surface area contributed by atoms with Crippen molar-refractivity contribution in [2.75, 3.05) is 6.54 Å². The Morgan fingerprint density at radius 1 is 1.30 bits per heavy atom. The van der Waals surface area contributed by atoms with Gasteiger partial charge in [-0.1, -0.05) is 0 Å². The molecule has 0 amide bonds. The summed E-state index contributed by atoms with van der Waals surface area (Å²) in [7, 11) is -3.72. The van der Waals surface area contributed by atoms with Crippen molar-refractivity contribution in [1.29, 1.82) is 0 Å². The minimum absolute atomic E-state index is 0.00363. The van der Waals surface area contributed by atoms with Crippen LogP contribution in [0.5, 0.6) is 0 Å². The van der Waals surface area contributed by atoms with Crippen molar-refractivity contribution in [3.05, 3.63) is 48.4 Å². The average Bonchev–Trinajstić information content (AvgIpc) is 2.91. The summed E-state index contributed by atoms with van der Waals surface area (Å²) < 4.78 is 42.0. The molecule has 1 aromatic carbocycles. The molecule has 0 aliphatic heterocycles. The fourth-order valence-corrected chi connectivity index (χ4v) is 3.15. The molecule has 0 aliphatic rings. The van der Waals surface area contributed by atoms with Crippen LogP contribution in [0, 0.1) is 12.7 Å². The van der Waals surface area contributed by atoms with Gasteiger partial charge in [-0.2, -0.15) is 0 Å². The van der Waals surface area contributed by atoms with Gasteiger partial charge in [0.1, 0.15) is 22.9 Å². The van der Waals surface area contributed by atoms with Crippen LogP contribution in [-0.4, -0.2) is 34.7 Å². The molecule has 23 heavy (non-hydrogen) atoms. The van der Waals surface area contributed by atoms with E-state index in [1.807, 2.05) is 0 Å². The zero-order chi connectivity index (χ0) is 16.4.